The van der Waals surface area contributed by atoms with Crippen molar-refractivity contribution in [1.29, 1.82) is 0 Å². The molecule has 1 unspecified atom stereocenters. The number of ether oxygens (including phenoxy) is 2. The minimum absolute atomic E-state index is 0.108. The second-order valence-corrected chi connectivity index (χ2v) is 6.12. The summed E-state index contributed by atoms with van der Waals surface area (Å²) in [7, 11) is 1.82. The van der Waals surface area contributed by atoms with E-state index in [1.807, 2.05) is 7.05 Å². The number of benzene rings is 1. The van der Waals surface area contributed by atoms with Crippen molar-refractivity contribution in [2.45, 2.75) is 12.6 Å². The molecule has 0 saturated carbocycles. The van der Waals surface area contributed by atoms with Gasteiger partial charge in [0.2, 0.25) is 0 Å². The third-order valence-corrected chi connectivity index (χ3v) is 4.08. The Labute approximate surface area is 143 Å². The molecule has 1 aliphatic heterocycles. The molecule has 8 heteroatoms. The molecule has 130 valence electrons. The van der Waals surface area contributed by atoms with Crippen LogP contribution in [0.15, 0.2) is 24.4 Å². The van der Waals surface area contributed by atoms with Gasteiger partial charge in [-0.15, -0.1) is 0 Å². The summed E-state index contributed by atoms with van der Waals surface area (Å²) in [5, 5.41) is 4.95. The first kappa shape index (κ1) is 17.1. The van der Waals surface area contributed by atoms with E-state index in [1.165, 1.54) is 0 Å². The van der Waals surface area contributed by atoms with E-state index in [-0.39, 0.29) is 18.5 Å². The summed E-state index contributed by atoms with van der Waals surface area (Å²) in [5.41, 5.74) is 0.803. The van der Waals surface area contributed by atoms with Gasteiger partial charge in [0, 0.05) is 38.9 Å². The van der Waals surface area contributed by atoms with E-state index in [0.29, 0.717) is 24.7 Å². The van der Waals surface area contributed by atoms with E-state index in [0.717, 1.165) is 30.4 Å². The number of hydrogen-bond donors (Lipinski definition) is 0. The number of rotatable bonds is 5. The minimum atomic E-state index is -0.593. The summed E-state index contributed by atoms with van der Waals surface area (Å²) in [6, 6.07) is 3.13. The lowest BCUT2D eigenvalue weighted by molar-refractivity contribution is -0.0512. The van der Waals surface area contributed by atoms with Gasteiger partial charge in [0.25, 0.3) is 0 Å². The second kappa shape index (κ2) is 7.46. The molecule has 3 rings (SSSR count). The predicted octanol–water partition coefficient (Wildman–Crippen LogP) is 2.63. The van der Waals surface area contributed by atoms with Crippen LogP contribution in [-0.2, 0) is 18.3 Å². The maximum absolute atomic E-state index is 13.6. The molecule has 0 radical (unpaired) electrons. The lowest BCUT2D eigenvalue weighted by Crippen LogP contribution is -2.44. The molecule has 0 amide bonds. The quantitative estimate of drug-likeness (QED) is 0.824. The summed E-state index contributed by atoms with van der Waals surface area (Å²) < 4.78 is 39.4. The number of aromatic nitrogens is 2. The van der Waals surface area contributed by atoms with Crippen LogP contribution in [0.2, 0.25) is 5.02 Å². The highest BCUT2D eigenvalue weighted by molar-refractivity contribution is 6.31. The van der Waals surface area contributed by atoms with Crippen LogP contribution < -0.4 is 4.74 Å². The predicted molar refractivity (Wildman–Crippen MR) is 85.1 cm³/mol. The molecule has 0 aliphatic carbocycles. The summed E-state index contributed by atoms with van der Waals surface area (Å²) in [6.45, 7) is 2.63. The van der Waals surface area contributed by atoms with Gasteiger partial charge in [-0.1, -0.05) is 11.6 Å². The van der Waals surface area contributed by atoms with Crippen molar-refractivity contribution in [1.82, 2.24) is 14.7 Å². The Balaban J connectivity index is 1.55. The van der Waals surface area contributed by atoms with Crippen molar-refractivity contribution in [3.63, 3.8) is 0 Å². The maximum Gasteiger partial charge on any atom is 0.165 e. The fourth-order valence-corrected chi connectivity index (χ4v) is 2.86. The SMILES string of the molecule is Cn1cc(Cl)c(CN2CCOC(COc3cc(F)ccc3F)C2)n1. The lowest BCUT2D eigenvalue weighted by atomic mass is 10.2. The van der Waals surface area contributed by atoms with Gasteiger partial charge < -0.3 is 9.47 Å². The van der Waals surface area contributed by atoms with Gasteiger partial charge in [0.15, 0.2) is 11.6 Å². The average Bonchev–Trinajstić information content (AvgIpc) is 2.86. The highest BCUT2D eigenvalue weighted by Gasteiger charge is 2.23. The second-order valence-electron chi connectivity index (χ2n) is 5.71. The molecule has 2 heterocycles. The Bertz CT molecular complexity index is 711. The van der Waals surface area contributed by atoms with Crippen LogP contribution in [0.1, 0.15) is 5.69 Å². The Hall–Kier alpha value is -1.70. The molecule has 1 saturated heterocycles. The van der Waals surface area contributed by atoms with Gasteiger partial charge >= 0.3 is 0 Å². The van der Waals surface area contributed by atoms with Crippen LogP contribution in [0.4, 0.5) is 8.78 Å². The van der Waals surface area contributed by atoms with Crippen molar-refractivity contribution >= 4 is 11.6 Å². The number of nitrogens with zero attached hydrogens (tertiary/aromatic N) is 3. The Morgan fingerprint density at radius 1 is 1.42 bits per heavy atom. The summed E-state index contributed by atoms with van der Waals surface area (Å²) >= 11 is 6.13. The van der Waals surface area contributed by atoms with Gasteiger partial charge in [0.1, 0.15) is 18.5 Å². The van der Waals surface area contributed by atoms with E-state index in [2.05, 4.69) is 10.00 Å². The monoisotopic (exact) mass is 357 g/mol. The fourth-order valence-electron chi connectivity index (χ4n) is 2.62. The fraction of sp³-hybridized carbons (Fsp3) is 0.438. The highest BCUT2D eigenvalue weighted by Crippen LogP contribution is 2.20. The van der Waals surface area contributed by atoms with Crippen LogP contribution in [0.3, 0.4) is 0 Å². The minimum Gasteiger partial charge on any atom is -0.488 e. The molecule has 1 aromatic heterocycles. The molecule has 2 aromatic rings. The van der Waals surface area contributed by atoms with Gasteiger partial charge in [0.05, 0.1) is 17.3 Å². The number of aryl methyl sites for hydroxylation is 1. The van der Waals surface area contributed by atoms with Crippen LogP contribution in [-0.4, -0.2) is 47.1 Å². The standard InChI is InChI=1S/C16H18ClF2N3O2/c1-21-8-13(17)15(20-21)9-22-4-5-23-12(7-22)10-24-16-6-11(18)2-3-14(16)19/h2-3,6,8,12H,4-5,7,9-10H2,1H3. The van der Waals surface area contributed by atoms with E-state index >= 15 is 0 Å². The van der Waals surface area contributed by atoms with E-state index in [4.69, 9.17) is 21.1 Å². The van der Waals surface area contributed by atoms with Crippen LogP contribution in [0.5, 0.6) is 5.75 Å². The first-order valence-corrected chi connectivity index (χ1v) is 7.99. The first-order chi connectivity index (χ1) is 11.5. The maximum atomic E-state index is 13.6. The number of morpholine rings is 1. The Morgan fingerprint density at radius 3 is 3.00 bits per heavy atom. The van der Waals surface area contributed by atoms with Gasteiger partial charge in [-0.25, -0.2) is 8.78 Å². The average molecular weight is 358 g/mol. The molecule has 0 N–H and O–H groups in total. The molecule has 1 atom stereocenters. The topological polar surface area (TPSA) is 39.5 Å². The van der Waals surface area contributed by atoms with Crippen molar-refractivity contribution in [2.75, 3.05) is 26.3 Å². The molecule has 1 aromatic carbocycles. The van der Waals surface area contributed by atoms with E-state index < -0.39 is 11.6 Å². The van der Waals surface area contributed by atoms with Gasteiger partial charge in [-0.05, 0) is 12.1 Å². The summed E-state index contributed by atoms with van der Waals surface area (Å²) in [4.78, 5) is 2.15. The molecular weight excluding hydrogens is 340 g/mol. The van der Waals surface area contributed by atoms with Crippen molar-refractivity contribution in [3.8, 4) is 5.75 Å². The van der Waals surface area contributed by atoms with Gasteiger partial charge in [-0.2, -0.15) is 5.10 Å². The van der Waals surface area contributed by atoms with Crippen LogP contribution >= 0.6 is 11.6 Å². The van der Waals surface area contributed by atoms with Gasteiger partial charge in [-0.3, -0.25) is 9.58 Å². The lowest BCUT2D eigenvalue weighted by Gasteiger charge is -2.32. The van der Waals surface area contributed by atoms with Crippen molar-refractivity contribution in [2.24, 2.45) is 7.05 Å². The van der Waals surface area contributed by atoms with Crippen molar-refractivity contribution < 1.29 is 18.3 Å². The molecular formula is C16H18ClF2N3O2. The molecule has 0 spiro atoms. The van der Waals surface area contributed by atoms with Crippen LogP contribution in [0, 0.1) is 11.6 Å². The molecule has 1 fully saturated rings. The van der Waals surface area contributed by atoms with E-state index in [9.17, 15) is 8.78 Å². The first-order valence-electron chi connectivity index (χ1n) is 7.61. The smallest absolute Gasteiger partial charge is 0.165 e. The summed E-state index contributed by atoms with van der Waals surface area (Å²) in [5.74, 6) is -1.24. The molecule has 24 heavy (non-hydrogen) atoms. The molecule has 0 bridgehead atoms. The third-order valence-electron chi connectivity index (χ3n) is 3.77. The Kier molecular flexibility index (Phi) is 5.33. The van der Waals surface area contributed by atoms with E-state index in [1.54, 1.807) is 10.9 Å². The van der Waals surface area contributed by atoms with Crippen LogP contribution in [0.25, 0.3) is 0 Å². The highest BCUT2D eigenvalue weighted by atomic mass is 35.5. The van der Waals surface area contributed by atoms with Crippen molar-refractivity contribution in [3.05, 3.63) is 46.7 Å². The normalized spacial score (nSPS) is 18.8. The molecule has 1 aliphatic rings. The zero-order valence-corrected chi connectivity index (χ0v) is 14.0. The zero-order chi connectivity index (χ0) is 17.1. The zero-order valence-electron chi connectivity index (χ0n) is 13.2. The molecule has 5 nitrogen and oxygen atoms in total. The largest absolute Gasteiger partial charge is 0.488 e. The summed E-state index contributed by atoms with van der Waals surface area (Å²) in [6.07, 6.45) is 1.52. The number of halogens is 3. The third kappa shape index (κ3) is 4.23. The number of hydrogen-bond acceptors (Lipinski definition) is 4. The Morgan fingerprint density at radius 2 is 2.25 bits per heavy atom.